The molecule has 1 atom stereocenters. The van der Waals surface area contributed by atoms with Crippen molar-refractivity contribution in [2.45, 2.75) is 25.7 Å². The Morgan fingerprint density at radius 2 is 2.22 bits per heavy atom. The van der Waals surface area contributed by atoms with Gasteiger partial charge in [-0.15, -0.1) is 0 Å². The number of hydrogen-bond acceptors (Lipinski definition) is 6. The van der Waals surface area contributed by atoms with Crippen molar-refractivity contribution in [3.63, 3.8) is 0 Å². The van der Waals surface area contributed by atoms with Crippen LogP contribution in [0, 0.1) is 6.92 Å². The Labute approximate surface area is 133 Å². The van der Waals surface area contributed by atoms with Crippen molar-refractivity contribution in [2.75, 3.05) is 19.8 Å². The molecule has 11 heteroatoms. The second kappa shape index (κ2) is 6.10. The number of halogens is 4. The summed E-state index contributed by atoms with van der Waals surface area (Å²) in [6, 6.07) is -0.200. The van der Waals surface area contributed by atoms with E-state index in [1.54, 1.807) is 0 Å². The van der Waals surface area contributed by atoms with Crippen LogP contribution < -0.4 is 5.32 Å². The number of morpholine rings is 1. The molecule has 1 aliphatic heterocycles. The van der Waals surface area contributed by atoms with Crippen LogP contribution in [-0.4, -0.2) is 39.7 Å². The van der Waals surface area contributed by atoms with Gasteiger partial charge in [-0.2, -0.15) is 23.3 Å². The molecule has 0 aliphatic carbocycles. The molecule has 126 valence electrons. The summed E-state index contributed by atoms with van der Waals surface area (Å²) in [6.45, 7) is 3.02. The smallest absolute Gasteiger partial charge is 0.378 e. The van der Waals surface area contributed by atoms with Crippen molar-refractivity contribution in [2.24, 2.45) is 0 Å². The lowest BCUT2D eigenvalue weighted by atomic mass is 10.2. The lowest BCUT2D eigenvalue weighted by Gasteiger charge is -2.20. The molecule has 0 amide bonds. The monoisotopic (exact) mass is 351 g/mol. The van der Waals surface area contributed by atoms with Gasteiger partial charge in [0.1, 0.15) is 6.54 Å². The van der Waals surface area contributed by atoms with E-state index in [1.165, 1.54) is 6.92 Å². The van der Waals surface area contributed by atoms with E-state index in [-0.39, 0.29) is 24.2 Å². The summed E-state index contributed by atoms with van der Waals surface area (Å²) in [6.07, 6.45) is -4.61. The first-order valence-corrected chi connectivity index (χ1v) is 7.17. The zero-order valence-corrected chi connectivity index (χ0v) is 12.8. The molecule has 23 heavy (non-hydrogen) atoms. The van der Waals surface area contributed by atoms with Gasteiger partial charge < -0.3 is 14.6 Å². The van der Waals surface area contributed by atoms with Crippen molar-refractivity contribution in [1.29, 1.82) is 0 Å². The van der Waals surface area contributed by atoms with Gasteiger partial charge in [0.05, 0.1) is 30.0 Å². The molecule has 1 fully saturated rings. The maximum Gasteiger partial charge on any atom is 0.436 e. The average molecular weight is 352 g/mol. The summed E-state index contributed by atoms with van der Waals surface area (Å²) in [5, 5.41) is 10.0. The van der Waals surface area contributed by atoms with Crippen LogP contribution in [0.5, 0.6) is 0 Å². The molecule has 1 unspecified atom stereocenters. The SMILES string of the molecule is Cc1c(Cl)c(C(F)(F)F)nn1Cc1nc(C2COCCN2)no1. The predicted octanol–water partition coefficient (Wildman–Crippen LogP) is 1.96. The molecule has 0 spiro atoms. The molecular formula is C12H13ClF3N5O2. The quantitative estimate of drug-likeness (QED) is 0.910. The summed E-state index contributed by atoms with van der Waals surface area (Å²) in [7, 11) is 0. The molecule has 0 aromatic carbocycles. The largest absolute Gasteiger partial charge is 0.436 e. The van der Waals surface area contributed by atoms with Gasteiger partial charge in [-0.05, 0) is 6.92 Å². The molecule has 3 heterocycles. The Balaban J connectivity index is 1.79. The summed E-state index contributed by atoms with van der Waals surface area (Å²) >= 11 is 5.70. The molecule has 3 rings (SSSR count). The van der Waals surface area contributed by atoms with Gasteiger partial charge >= 0.3 is 6.18 Å². The Morgan fingerprint density at radius 1 is 1.43 bits per heavy atom. The minimum absolute atomic E-state index is 0.0950. The van der Waals surface area contributed by atoms with E-state index in [0.29, 0.717) is 25.6 Å². The number of nitrogens with one attached hydrogen (secondary N) is 1. The Hall–Kier alpha value is -1.65. The fraction of sp³-hybridized carbons (Fsp3) is 0.583. The van der Waals surface area contributed by atoms with Gasteiger partial charge in [0.15, 0.2) is 11.5 Å². The third-order valence-corrected chi connectivity index (χ3v) is 3.86. The van der Waals surface area contributed by atoms with E-state index in [4.69, 9.17) is 20.9 Å². The van der Waals surface area contributed by atoms with Crippen molar-refractivity contribution in [3.05, 3.63) is 28.1 Å². The predicted molar refractivity (Wildman–Crippen MR) is 71.9 cm³/mol. The van der Waals surface area contributed by atoms with Crippen LogP contribution in [0.4, 0.5) is 13.2 Å². The highest BCUT2D eigenvalue weighted by atomic mass is 35.5. The van der Waals surface area contributed by atoms with Gasteiger partial charge in [0, 0.05) is 6.54 Å². The third-order valence-electron chi connectivity index (χ3n) is 3.40. The zero-order chi connectivity index (χ0) is 16.6. The van der Waals surface area contributed by atoms with Crippen molar-refractivity contribution >= 4 is 11.6 Å². The van der Waals surface area contributed by atoms with Crippen LogP contribution in [-0.2, 0) is 17.5 Å². The normalized spacial score (nSPS) is 19.3. The highest BCUT2D eigenvalue weighted by molar-refractivity contribution is 6.31. The van der Waals surface area contributed by atoms with Gasteiger partial charge in [0.2, 0.25) is 5.89 Å². The summed E-state index contributed by atoms with van der Waals surface area (Å²) in [5.41, 5.74) is -0.948. The number of rotatable bonds is 3. The highest BCUT2D eigenvalue weighted by Gasteiger charge is 2.38. The maximum absolute atomic E-state index is 12.8. The number of hydrogen-bond donors (Lipinski definition) is 1. The van der Waals surface area contributed by atoms with E-state index in [1.807, 2.05) is 0 Å². The molecule has 0 bridgehead atoms. The number of ether oxygens (including phenoxy) is 1. The lowest BCUT2D eigenvalue weighted by molar-refractivity contribution is -0.141. The summed E-state index contributed by atoms with van der Waals surface area (Å²) in [4.78, 5) is 4.17. The average Bonchev–Trinajstić information content (AvgIpc) is 3.08. The van der Waals surface area contributed by atoms with Crippen molar-refractivity contribution in [3.8, 4) is 0 Å². The van der Waals surface area contributed by atoms with Crippen LogP contribution in [0.1, 0.15) is 29.1 Å². The summed E-state index contributed by atoms with van der Waals surface area (Å²) < 4.78 is 49.8. The Bertz CT molecular complexity index is 693. The highest BCUT2D eigenvalue weighted by Crippen LogP contribution is 2.35. The lowest BCUT2D eigenvalue weighted by Crippen LogP contribution is -2.35. The van der Waals surface area contributed by atoms with Gasteiger partial charge in [0.25, 0.3) is 0 Å². The summed E-state index contributed by atoms with van der Waals surface area (Å²) in [5.74, 6) is 0.537. The minimum atomic E-state index is -4.61. The zero-order valence-electron chi connectivity index (χ0n) is 12.0. The first-order valence-electron chi connectivity index (χ1n) is 6.80. The van der Waals surface area contributed by atoms with E-state index in [2.05, 4.69) is 20.6 Å². The number of nitrogens with zero attached hydrogens (tertiary/aromatic N) is 4. The van der Waals surface area contributed by atoms with E-state index in [9.17, 15) is 13.2 Å². The van der Waals surface area contributed by atoms with E-state index in [0.717, 1.165) is 4.68 Å². The molecule has 2 aromatic heterocycles. The van der Waals surface area contributed by atoms with Crippen LogP contribution in [0.25, 0.3) is 0 Å². The molecule has 2 aromatic rings. The van der Waals surface area contributed by atoms with Gasteiger partial charge in [-0.1, -0.05) is 16.8 Å². The molecule has 1 saturated heterocycles. The number of aromatic nitrogens is 4. The van der Waals surface area contributed by atoms with Crippen LogP contribution in [0.15, 0.2) is 4.52 Å². The molecule has 7 nitrogen and oxygen atoms in total. The first-order chi connectivity index (χ1) is 10.9. The van der Waals surface area contributed by atoms with Gasteiger partial charge in [-0.25, -0.2) is 0 Å². The topological polar surface area (TPSA) is 78.0 Å². The van der Waals surface area contributed by atoms with Crippen LogP contribution in [0.2, 0.25) is 5.02 Å². The van der Waals surface area contributed by atoms with E-state index < -0.39 is 16.9 Å². The number of alkyl halides is 3. The second-order valence-corrected chi connectivity index (χ2v) is 5.41. The third kappa shape index (κ3) is 3.33. The fourth-order valence-electron chi connectivity index (χ4n) is 2.19. The Kier molecular flexibility index (Phi) is 4.30. The Morgan fingerprint density at radius 3 is 2.83 bits per heavy atom. The molecular weight excluding hydrogens is 339 g/mol. The maximum atomic E-state index is 12.8. The first kappa shape index (κ1) is 16.2. The van der Waals surface area contributed by atoms with Gasteiger partial charge in [-0.3, -0.25) is 4.68 Å². The second-order valence-electron chi connectivity index (χ2n) is 5.03. The molecule has 1 aliphatic rings. The molecule has 0 saturated carbocycles. The molecule has 0 radical (unpaired) electrons. The van der Waals surface area contributed by atoms with Crippen LogP contribution >= 0.6 is 11.6 Å². The standard InChI is InChI=1S/C12H13ClF3N5O2/c1-6-9(13)10(12(14,15)16)19-21(6)4-8-18-11(20-23-8)7-5-22-3-2-17-7/h7,17H,2-5H2,1H3. The van der Waals surface area contributed by atoms with Crippen molar-refractivity contribution in [1.82, 2.24) is 25.2 Å². The van der Waals surface area contributed by atoms with Crippen molar-refractivity contribution < 1.29 is 22.4 Å². The molecule has 1 N–H and O–H groups in total. The van der Waals surface area contributed by atoms with E-state index >= 15 is 0 Å². The van der Waals surface area contributed by atoms with Crippen LogP contribution in [0.3, 0.4) is 0 Å². The fourth-order valence-corrected chi connectivity index (χ4v) is 2.44. The minimum Gasteiger partial charge on any atom is -0.378 e.